The minimum Gasteiger partial charge on any atom is -0.368 e. The first-order valence-corrected chi connectivity index (χ1v) is 9.65. The number of Topliss-reactive ketones (excluding diaryl/α,β-unsaturated/α-hetero) is 1. The van der Waals surface area contributed by atoms with E-state index >= 15 is 0 Å². The Hall–Kier alpha value is -1.95. The second-order valence-electron chi connectivity index (χ2n) is 6.32. The van der Waals surface area contributed by atoms with Crippen LogP contribution in [-0.4, -0.2) is 30.2 Å². The number of alkyl halides is 1. The molecule has 0 aromatic heterocycles. The Labute approximate surface area is 160 Å². The standard InChI is InChI=1S/C20H21BrF2N2O/c1-2-20(26)17(21)9-10-24-11-12-25(16-6-3-14(22)4-7-16)19-13-15(23)5-8-18(19)24/h3-8,13,17H,2,9-12H2,1H3. The zero-order valence-corrected chi connectivity index (χ0v) is 16.2. The van der Waals surface area contributed by atoms with Gasteiger partial charge in [-0.3, -0.25) is 4.79 Å². The van der Waals surface area contributed by atoms with Gasteiger partial charge in [0.2, 0.25) is 0 Å². The highest BCUT2D eigenvalue weighted by atomic mass is 79.9. The van der Waals surface area contributed by atoms with Crippen LogP contribution in [0.3, 0.4) is 0 Å². The van der Waals surface area contributed by atoms with Gasteiger partial charge in [-0.2, -0.15) is 0 Å². The number of hydrogen-bond acceptors (Lipinski definition) is 3. The molecular weight excluding hydrogens is 402 g/mol. The van der Waals surface area contributed by atoms with Crippen molar-refractivity contribution >= 4 is 38.8 Å². The van der Waals surface area contributed by atoms with Crippen LogP contribution in [0.1, 0.15) is 19.8 Å². The van der Waals surface area contributed by atoms with Crippen molar-refractivity contribution in [3.05, 3.63) is 54.1 Å². The van der Waals surface area contributed by atoms with Crippen LogP contribution in [0.4, 0.5) is 25.8 Å². The Balaban J connectivity index is 1.84. The molecule has 0 fully saturated rings. The summed E-state index contributed by atoms with van der Waals surface area (Å²) in [6.45, 7) is 3.97. The molecule has 6 heteroatoms. The summed E-state index contributed by atoms with van der Waals surface area (Å²) in [5, 5.41) is 0. The number of anilines is 3. The fraction of sp³-hybridized carbons (Fsp3) is 0.350. The van der Waals surface area contributed by atoms with Crippen molar-refractivity contribution in [3.63, 3.8) is 0 Å². The Morgan fingerprint density at radius 1 is 1.08 bits per heavy atom. The van der Waals surface area contributed by atoms with Gasteiger partial charge in [-0.15, -0.1) is 0 Å². The third-order valence-electron chi connectivity index (χ3n) is 4.65. The van der Waals surface area contributed by atoms with Crippen molar-refractivity contribution in [2.75, 3.05) is 29.4 Å². The predicted molar refractivity (Wildman–Crippen MR) is 105 cm³/mol. The lowest BCUT2D eigenvalue weighted by Crippen LogP contribution is -2.40. The van der Waals surface area contributed by atoms with Gasteiger partial charge in [-0.25, -0.2) is 8.78 Å². The SMILES string of the molecule is CCC(=O)C(Br)CCN1CCN(c2ccc(F)cc2)c2cc(F)ccc21. The van der Waals surface area contributed by atoms with E-state index < -0.39 is 0 Å². The Morgan fingerprint density at radius 2 is 1.77 bits per heavy atom. The van der Waals surface area contributed by atoms with E-state index in [1.165, 1.54) is 24.3 Å². The van der Waals surface area contributed by atoms with E-state index in [-0.39, 0.29) is 22.2 Å². The summed E-state index contributed by atoms with van der Waals surface area (Å²) >= 11 is 3.46. The number of benzene rings is 2. The first-order chi connectivity index (χ1) is 12.5. The van der Waals surface area contributed by atoms with Crippen LogP contribution in [0.5, 0.6) is 0 Å². The first-order valence-electron chi connectivity index (χ1n) is 8.74. The molecule has 0 aliphatic carbocycles. The van der Waals surface area contributed by atoms with E-state index in [1.54, 1.807) is 18.2 Å². The van der Waals surface area contributed by atoms with Crippen LogP contribution < -0.4 is 9.80 Å². The lowest BCUT2D eigenvalue weighted by Gasteiger charge is -2.39. The molecular formula is C20H21BrF2N2O. The van der Waals surface area contributed by atoms with Crippen molar-refractivity contribution in [3.8, 4) is 0 Å². The Kier molecular flexibility index (Phi) is 5.91. The average molecular weight is 423 g/mol. The summed E-state index contributed by atoms with van der Waals surface area (Å²) in [6, 6.07) is 10.9. The molecule has 1 atom stereocenters. The van der Waals surface area contributed by atoms with E-state index in [0.29, 0.717) is 25.9 Å². The van der Waals surface area contributed by atoms with Crippen LogP contribution in [0, 0.1) is 11.6 Å². The molecule has 2 aromatic carbocycles. The molecule has 1 heterocycles. The summed E-state index contributed by atoms with van der Waals surface area (Å²) in [5.74, 6) is -0.415. The molecule has 2 aromatic rings. The molecule has 138 valence electrons. The van der Waals surface area contributed by atoms with Gasteiger partial charge < -0.3 is 9.80 Å². The summed E-state index contributed by atoms with van der Waals surface area (Å²) in [7, 11) is 0. The summed E-state index contributed by atoms with van der Waals surface area (Å²) in [6.07, 6.45) is 1.20. The van der Waals surface area contributed by atoms with E-state index in [1.807, 2.05) is 11.8 Å². The number of nitrogens with zero attached hydrogens (tertiary/aromatic N) is 2. The number of halogens is 3. The molecule has 0 spiro atoms. The van der Waals surface area contributed by atoms with Crippen LogP contribution in [0.25, 0.3) is 0 Å². The molecule has 0 saturated heterocycles. The van der Waals surface area contributed by atoms with Crippen LogP contribution >= 0.6 is 15.9 Å². The van der Waals surface area contributed by atoms with E-state index in [2.05, 4.69) is 20.8 Å². The molecule has 26 heavy (non-hydrogen) atoms. The maximum atomic E-state index is 13.9. The van der Waals surface area contributed by atoms with E-state index in [0.717, 1.165) is 23.6 Å². The van der Waals surface area contributed by atoms with Crippen LogP contribution in [0.2, 0.25) is 0 Å². The number of hydrogen-bond donors (Lipinski definition) is 0. The third-order valence-corrected chi connectivity index (χ3v) is 5.62. The highest BCUT2D eigenvalue weighted by Gasteiger charge is 2.25. The molecule has 3 rings (SSSR count). The molecule has 0 bridgehead atoms. The molecule has 1 unspecified atom stereocenters. The normalized spacial score (nSPS) is 14.9. The van der Waals surface area contributed by atoms with Crippen LogP contribution in [-0.2, 0) is 4.79 Å². The molecule has 0 saturated carbocycles. The zero-order chi connectivity index (χ0) is 18.7. The van der Waals surface area contributed by atoms with Gasteiger partial charge in [-0.1, -0.05) is 22.9 Å². The van der Waals surface area contributed by atoms with Crippen molar-refractivity contribution in [1.29, 1.82) is 0 Å². The van der Waals surface area contributed by atoms with Crippen LogP contribution in [0.15, 0.2) is 42.5 Å². The van der Waals surface area contributed by atoms with Gasteiger partial charge in [0.25, 0.3) is 0 Å². The van der Waals surface area contributed by atoms with Gasteiger partial charge >= 0.3 is 0 Å². The number of fused-ring (bicyclic) bond motifs is 1. The summed E-state index contributed by atoms with van der Waals surface area (Å²) < 4.78 is 27.1. The molecule has 3 nitrogen and oxygen atoms in total. The topological polar surface area (TPSA) is 23.6 Å². The fourth-order valence-corrected chi connectivity index (χ4v) is 3.74. The molecule has 1 aliphatic rings. The second kappa shape index (κ2) is 8.16. The Bertz CT molecular complexity index is 782. The zero-order valence-electron chi connectivity index (χ0n) is 14.6. The van der Waals surface area contributed by atoms with Crippen molar-refractivity contribution in [2.24, 2.45) is 0 Å². The smallest absolute Gasteiger partial charge is 0.146 e. The number of carbonyl (C=O) groups is 1. The van der Waals surface area contributed by atoms with Gasteiger partial charge in [0.05, 0.1) is 16.2 Å². The molecule has 0 amide bonds. The lowest BCUT2D eigenvalue weighted by molar-refractivity contribution is -0.118. The quantitative estimate of drug-likeness (QED) is 0.608. The predicted octanol–water partition coefficient (Wildman–Crippen LogP) is 5.06. The number of ketones is 1. The highest BCUT2D eigenvalue weighted by molar-refractivity contribution is 9.10. The lowest BCUT2D eigenvalue weighted by atomic mass is 10.1. The van der Waals surface area contributed by atoms with E-state index in [4.69, 9.17) is 0 Å². The maximum absolute atomic E-state index is 13.9. The van der Waals surface area contributed by atoms with Gasteiger partial charge in [-0.05, 0) is 48.9 Å². The molecule has 0 radical (unpaired) electrons. The number of carbonyl (C=O) groups excluding carboxylic acids is 1. The monoisotopic (exact) mass is 422 g/mol. The minimum absolute atomic E-state index is 0.161. The average Bonchev–Trinajstić information content (AvgIpc) is 2.65. The van der Waals surface area contributed by atoms with Gasteiger partial charge in [0, 0.05) is 31.7 Å². The molecule has 1 aliphatic heterocycles. The van der Waals surface area contributed by atoms with Crippen molar-refractivity contribution in [1.82, 2.24) is 0 Å². The second-order valence-corrected chi connectivity index (χ2v) is 7.43. The third kappa shape index (κ3) is 4.06. The minimum atomic E-state index is -0.308. The first kappa shape index (κ1) is 18.8. The van der Waals surface area contributed by atoms with Gasteiger partial charge in [0.1, 0.15) is 17.4 Å². The van der Waals surface area contributed by atoms with E-state index in [9.17, 15) is 13.6 Å². The number of rotatable bonds is 6. The Morgan fingerprint density at radius 3 is 2.46 bits per heavy atom. The largest absolute Gasteiger partial charge is 0.368 e. The molecule has 0 N–H and O–H groups in total. The summed E-state index contributed by atoms with van der Waals surface area (Å²) in [5.41, 5.74) is 2.51. The summed E-state index contributed by atoms with van der Waals surface area (Å²) in [4.78, 5) is 15.8. The highest BCUT2D eigenvalue weighted by Crippen LogP contribution is 2.38. The van der Waals surface area contributed by atoms with Gasteiger partial charge in [0.15, 0.2) is 0 Å². The fourth-order valence-electron chi connectivity index (χ4n) is 3.21. The van der Waals surface area contributed by atoms with Crippen molar-refractivity contribution < 1.29 is 13.6 Å². The maximum Gasteiger partial charge on any atom is 0.146 e. The van der Waals surface area contributed by atoms with Crippen molar-refractivity contribution in [2.45, 2.75) is 24.6 Å².